The maximum absolute atomic E-state index is 13.3. The summed E-state index contributed by atoms with van der Waals surface area (Å²) in [5.41, 5.74) is 2.39. The highest BCUT2D eigenvalue weighted by Crippen LogP contribution is 2.40. The Balaban J connectivity index is 2.01. The summed E-state index contributed by atoms with van der Waals surface area (Å²) in [5.74, 6) is -0.775. The molecule has 1 aliphatic heterocycles. The summed E-state index contributed by atoms with van der Waals surface area (Å²) in [6.07, 6.45) is 2.68. The molecule has 1 heterocycles. The lowest BCUT2D eigenvalue weighted by Gasteiger charge is -2.27. The quantitative estimate of drug-likeness (QED) is 0.176. The Bertz CT molecular complexity index is 1090. The molecule has 37 heavy (non-hydrogen) atoms. The van der Waals surface area contributed by atoms with Gasteiger partial charge in [-0.05, 0) is 62.3 Å². The van der Waals surface area contributed by atoms with Crippen LogP contribution in [-0.2, 0) is 9.59 Å². The van der Waals surface area contributed by atoms with E-state index in [-0.39, 0.29) is 11.3 Å². The Morgan fingerprint density at radius 1 is 1.00 bits per heavy atom. The number of rotatable bonds is 13. The van der Waals surface area contributed by atoms with Gasteiger partial charge < -0.3 is 24.5 Å². The third-order valence-electron chi connectivity index (χ3n) is 6.91. The van der Waals surface area contributed by atoms with Crippen LogP contribution in [0.15, 0.2) is 54.1 Å². The number of hydrogen-bond acceptors (Lipinski definition) is 6. The molecule has 1 unspecified atom stereocenters. The van der Waals surface area contributed by atoms with Gasteiger partial charge in [-0.15, -0.1) is 0 Å². The molecule has 0 aromatic heterocycles. The van der Waals surface area contributed by atoms with Crippen LogP contribution in [0.2, 0.25) is 0 Å². The molecule has 3 rings (SSSR count). The van der Waals surface area contributed by atoms with Crippen molar-refractivity contribution in [1.82, 2.24) is 9.80 Å². The minimum Gasteiger partial charge on any atom is -0.507 e. The van der Waals surface area contributed by atoms with E-state index in [9.17, 15) is 14.7 Å². The molecule has 0 aliphatic carbocycles. The molecule has 1 saturated heterocycles. The predicted molar refractivity (Wildman–Crippen MR) is 149 cm³/mol. The van der Waals surface area contributed by atoms with Crippen LogP contribution in [0.4, 0.5) is 5.69 Å². The molecule has 1 fully saturated rings. The number of hydrogen-bond donors (Lipinski definition) is 1. The van der Waals surface area contributed by atoms with E-state index in [2.05, 4.69) is 25.7 Å². The Morgan fingerprint density at radius 3 is 2.32 bits per heavy atom. The normalized spacial score (nSPS) is 17.0. The minimum atomic E-state index is -0.655. The van der Waals surface area contributed by atoms with Gasteiger partial charge in [0, 0.05) is 31.9 Å². The fraction of sp³-hybridized carbons (Fsp3) is 0.467. The second-order valence-electron chi connectivity index (χ2n) is 9.59. The molecule has 200 valence electrons. The number of aliphatic hydroxyl groups excluding tert-OH is 1. The van der Waals surface area contributed by atoms with E-state index >= 15 is 0 Å². The van der Waals surface area contributed by atoms with Crippen molar-refractivity contribution in [2.24, 2.45) is 0 Å². The zero-order valence-electron chi connectivity index (χ0n) is 22.9. The molecule has 7 heteroatoms. The third-order valence-corrected chi connectivity index (χ3v) is 6.91. The van der Waals surface area contributed by atoms with Crippen LogP contribution in [0, 0.1) is 0 Å². The summed E-state index contributed by atoms with van der Waals surface area (Å²) < 4.78 is 5.81. The largest absolute Gasteiger partial charge is 0.507 e. The van der Waals surface area contributed by atoms with Crippen LogP contribution in [0.5, 0.6) is 5.75 Å². The number of aliphatic hydroxyl groups is 1. The Hall–Kier alpha value is -3.32. The number of likely N-dealkylation sites (tertiary alicyclic amines) is 1. The molecule has 0 bridgehead atoms. The van der Waals surface area contributed by atoms with E-state index in [1.54, 1.807) is 23.1 Å². The number of carbonyl (C=O) groups excluding carboxylic acids is 2. The number of benzene rings is 2. The summed E-state index contributed by atoms with van der Waals surface area (Å²) in [4.78, 5) is 32.5. The van der Waals surface area contributed by atoms with Gasteiger partial charge in [-0.1, -0.05) is 51.5 Å². The highest BCUT2D eigenvalue weighted by Gasteiger charge is 2.45. The van der Waals surface area contributed by atoms with Crippen molar-refractivity contribution in [2.45, 2.75) is 46.1 Å². The van der Waals surface area contributed by atoms with E-state index in [0.717, 1.165) is 50.1 Å². The lowest BCUT2D eigenvalue weighted by molar-refractivity contribution is -0.140. The smallest absolute Gasteiger partial charge is 0.295 e. The Morgan fingerprint density at radius 2 is 1.70 bits per heavy atom. The van der Waals surface area contributed by atoms with E-state index in [4.69, 9.17) is 4.74 Å². The standard InChI is InChI=1S/C30H41N3O4/c1-6-9-20-37-25-13-10-12-23(21-25)28(34)26-27(22-14-16-24(17-15-22)31(4)5)33(30(36)29(26)35)19-11-18-32(7-2)8-3/h10,12-17,21,27,34H,6-9,11,18-20H2,1-5H3/b28-26+. The summed E-state index contributed by atoms with van der Waals surface area (Å²) >= 11 is 0. The fourth-order valence-electron chi connectivity index (χ4n) is 4.64. The van der Waals surface area contributed by atoms with E-state index in [1.165, 1.54) is 0 Å². The molecule has 0 spiro atoms. The van der Waals surface area contributed by atoms with Crippen LogP contribution in [0.3, 0.4) is 0 Å². The Labute approximate surface area is 221 Å². The van der Waals surface area contributed by atoms with Crippen molar-refractivity contribution in [2.75, 3.05) is 51.8 Å². The lowest BCUT2D eigenvalue weighted by Crippen LogP contribution is -2.33. The minimum absolute atomic E-state index is 0.121. The van der Waals surface area contributed by atoms with Crippen LogP contribution < -0.4 is 9.64 Å². The molecule has 1 amide bonds. The summed E-state index contributed by atoms with van der Waals surface area (Å²) in [5, 5.41) is 11.4. The maximum Gasteiger partial charge on any atom is 0.295 e. The highest BCUT2D eigenvalue weighted by atomic mass is 16.5. The molecule has 1 N–H and O–H groups in total. The monoisotopic (exact) mass is 507 g/mol. The second kappa shape index (κ2) is 13.3. The van der Waals surface area contributed by atoms with Gasteiger partial charge in [0.2, 0.25) is 0 Å². The van der Waals surface area contributed by atoms with Crippen LogP contribution in [-0.4, -0.2) is 73.5 Å². The van der Waals surface area contributed by atoms with Crippen molar-refractivity contribution < 1.29 is 19.4 Å². The first-order chi connectivity index (χ1) is 17.8. The zero-order valence-corrected chi connectivity index (χ0v) is 22.9. The van der Waals surface area contributed by atoms with Crippen LogP contribution in [0.25, 0.3) is 5.76 Å². The van der Waals surface area contributed by atoms with E-state index in [1.807, 2.05) is 49.3 Å². The van der Waals surface area contributed by atoms with Crippen molar-refractivity contribution in [1.29, 1.82) is 0 Å². The zero-order chi connectivity index (χ0) is 26.9. The number of ether oxygens (including phenoxy) is 1. The fourth-order valence-corrected chi connectivity index (χ4v) is 4.64. The SMILES string of the molecule is CCCCOc1cccc(/C(O)=C2\C(=O)C(=O)N(CCCN(CC)CC)C2c2ccc(N(C)C)cc2)c1. The summed E-state index contributed by atoms with van der Waals surface area (Å²) in [6.45, 7) is 10.0. The van der Waals surface area contributed by atoms with Gasteiger partial charge in [0.1, 0.15) is 11.5 Å². The number of anilines is 1. The highest BCUT2D eigenvalue weighted by molar-refractivity contribution is 6.46. The summed E-state index contributed by atoms with van der Waals surface area (Å²) in [7, 11) is 3.92. The third kappa shape index (κ3) is 6.72. The maximum atomic E-state index is 13.3. The first-order valence-electron chi connectivity index (χ1n) is 13.3. The van der Waals surface area contributed by atoms with Crippen LogP contribution >= 0.6 is 0 Å². The molecule has 1 aliphatic rings. The molecule has 1 atom stereocenters. The van der Waals surface area contributed by atoms with Crippen molar-refractivity contribution in [3.05, 3.63) is 65.2 Å². The number of unbranched alkanes of at least 4 members (excludes halogenated alkanes) is 1. The van der Waals surface area contributed by atoms with Gasteiger partial charge >= 0.3 is 0 Å². The van der Waals surface area contributed by atoms with Gasteiger partial charge in [-0.3, -0.25) is 9.59 Å². The molecular formula is C30H41N3O4. The number of carbonyl (C=O) groups is 2. The van der Waals surface area contributed by atoms with Crippen molar-refractivity contribution >= 4 is 23.1 Å². The number of nitrogens with zero attached hydrogens (tertiary/aromatic N) is 3. The first kappa shape index (κ1) is 28.3. The lowest BCUT2D eigenvalue weighted by atomic mass is 9.95. The van der Waals surface area contributed by atoms with Crippen molar-refractivity contribution in [3.63, 3.8) is 0 Å². The average molecular weight is 508 g/mol. The van der Waals surface area contributed by atoms with Crippen LogP contribution in [0.1, 0.15) is 57.2 Å². The van der Waals surface area contributed by atoms with E-state index < -0.39 is 17.7 Å². The number of amides is 1. The number of Topliss-reactive ketones (excluding diaryl/α,β-unsaturated/α-hetero) is 1. The molecule has 2 aromatic carbocycles. The molecule has 0 radical (unpaired) electrons. The van der Waals surface area contributed by atoms with Crippen molar-refractivity contribution in [3.8, 4) is 5.75 Å². The molecular weight excluding hydrogens is 466 g/mol. The Kier molecular flexibility index (Phi) is 10.1. The molecule has 7 nitrogen and oxygen atoms in total. The van der Waals surface area contributed by atoms with Gasteiger partial charge in [-0.25, -0.2) is 0 Å². The van der Waals surface area contributed by atoms with Gasteiger partial charge in [-0.2, -0.15) is 0 Å². The second-order valence-corrected chi connectivity index (χ2v) is 9.59. The topological polar surface area (TPSA) is 73.3 Å². The summed E-state index contributed by atoms with van der Waals surface area (Å²) in [6, 6.07) is 14.2. The number of ketones is 1. The molecule has 0 saturated carbocycles. The van der Waals surface area contributed by atoms with Gasteiger partial charge in [0.05, 0.1) is 18.2 Å². The predicted octanol–water partition coefficient (Wildman–Crippen LogP) is 5.09. The first-order valence-corrected chi connectivity index (χ1v) is 13.3. The van der Waals surface area contributed by atoms with Gasteiger partial charge in [0.25, 0.3) is 11.7 Å². The molecule has 2 aromatic rings. The average Bonchev–Trinajstić information content (AvgIpc) is 3.16. The van der Waals surface area contributed by atoms with E-state index in [0.29, 0.717) is 24.5 Å². The van der Waals surface area contributed by atoms with Gasteiger partial charge in [0.15, 0.2) is 0 Å².